The second-order valence-corrected chi connectivity index (χ2v) is 15.8. The van der Waals surface area contributed by atoms with Crippen molar-refractivity contribution < 1.29 is 24.5 Å². The maximum atomic E-state index is 13.1. The standard InChI is InChI=1S/C46H89NO5/c1-4-7-10-13-16-19-20-21-22-23-24-25-27-29-32-35-38-44(49)43(41-48)47-45(50)40-42(37-34-31-28-18-15-12-9-6-3)52-46(51)39-36-33-30-26-17-14-11-8-5-2/h12,15,42-44,48-49H,4-11,13-14,16-41H2,1-3H3,(H,47,50)/b15-12-. The average Bonchev–Trinajstić information content (AvgIpc) is 3.13. The maximum absolute atomic E-state index is 13.1. The van der Waals surface area contributed by atoms with Gasteiger partial charge in [0.15, 0.2) is 0 Å². The third-order valence-electron chi connectivity index (χ3n) is 10.6. The molecule has 3 atom stereocenters. The van der Waals surface area contributed by atoms with Crippen LogP contribution in [0.4, 0.5) is 0 Å². The lowest BCUT2D eigenvalue weighted by atomic mass is 10.0. The number of amides is 1. The molecule has 0 aliphatic carbocycles. The van der Waals surface area contributed by atoms with Gasteiger partial charge in [0, 0.05) is 6.42 Å². The minimum absolute atomic E-state index is 0.0716. The van der Waals surface area contributed by atoms with E-state index in [9.17, 15) is 19.8 Å². The van der Waals surface area contributed by atoms with Gasteiger partial charge < -0.3 is 20.3 Å². The molecule has 0 aromatic carbocycles. The van der Waals surface area contributed by atoms with E-state index in [0.29, 0.717) is 19.3 Å². The number of aliphatic hydroxyl groups excluding tert-OH is 2. The van der Waals surface area contributed by atoms with Gasteiger partial charge in [-0.1, -0.05) is 200 Å². The van der Waals surface area contributed by atoms with Gasteiger partial charge in [-0.05, 0) is 44.9 Å². The second kappa shape index (κ2) is 40.8. The summed E-state index contributed by atoms with van der Waals surface area (Å²) in [6.45, 7) is 6.39. The fraction of sp³-hybridized carbons (Fsp3) is 0.913. The van der Waals surface area contributed by atoms with Crippen LogP contribution in [0.5, 0.6) is 0 Å². The second-order valence-electron chi connectivity index (χ2n) is 15.8. The maximum Gasteiger partial charge on any atom is 0.306 e. The first kappa shape index (κ1) is 50.6. The lowest BCUT2D eigenvalue weighted by molar-refractivity contribution is -0.151. The SMILES string of the molecule is CCC/C=C\CCCCCC(CC(=O)NC(CO)C(O)CCCCCCCCCCCCCCCCCC)OC(=O)CCCCCCCCCCC. The molecular weight excluding hydrogens is 647 g/mol. The highest BCUT2D eigenvalue weighted by Crippen LogP contribution is 2.17. The Morgan fingerprint density at radius 3 is 1.44 bits per heavy atom. The van der Waals surface area contributed by atoms with Crippen LogP contribution >= 0.6 is 0 Å². The predicted octanol–water partition coefficient (Wildman–Crippen LogP) is 13.0. The minimum Gasteiger partial charge on any atom is -0.462 e. The van der Waals surface area contributed by atoms with Crippen molar-refractivity contribution in [2.24, 2.45) is 0 Å². The van der Waals surface area contributed by atoms with E-state index in [2.05, 4.69) is 38.2 Å². The summed E-state index contributed by atoms with van der Waals surface area (Å²) in [5.41, 5.74) is 0. The van der Waals surface area contributed by atoms with E-state index in [1.807, 2.05) is 0 Å². The van der Waals surface area contributed by atoms with Crippen LogP contribution in [0.1, 0.15) is 245 Å². The van der Waals surface area contributed by atoms with Crippen LogP contribution in [-0.2, 0) is 14.3 Å². The predicted molar refractivity (Wildman–Crippen MR) is 223 cm³/mol. The Morgan fingerprint density at radius 1 is 0.538 bits per heavy atom. The van der Waals surface area contributed by atoms with Gasteiger partial charge in [-0.25, -0.2) is 0 Å². The summed E-state index contributed by atoms with van der Waals surface area (Å²) in [7, 11) is 0. The lowest BCUT2D eigenvalue weighted by Gasteiger charge is -2.24. The van der Waals surface area contributed by atoms with Gasteiger partial charge in [-0.3, -0.25) is 9.59 Å². The average molecular weight is 736 g/mol. The third-order valence-corrected chi connectivity index (χ3v) is 10.6. The first-order chi connectivity index (χ1) is 25.5. The summed E-state index contributed by atoms with van der Waals surface area (Å²) >= 11 is 0. The summed E-state index contributed by atoms with van der Waals surface area (Å²) in [5, 5.41) is 23.6. The highest BCUT2D eigenvalue weighted by Gasteiger charge is 2.24. The van der Waals surface area contributed by atoms with Gasteiger partial charge in [-0.15, -0.1) is 0 Å². The van der Waals surface area contributed by atoms with Gasteiger partial charge >= 0.3 is 5.97 Å². The number of aliphatic hydroxyl groups is 2. The molecule has 0 fully saturated rings. The number of nitrogens with one attached hydrogen (secondary N) is 1. The molecule has 3 unspecified atom stereocenters. The number of rotatable bonds is 41. The fourth-order valence-electron chi connectivity index (χ4n) is 7.08. The van der Waals surface area contributed by atoms with E-state index in [1.54, 1.807) is 0 Å². The molecule has 0 saturated heterocycles. The molecule has 0 rings (SSSR count). The van der Waals surface area contributed by atoms with Crippen LogP contribution < -0.4 is 5.32 Å². The van der Waals surface area contributed by atoms with Gasteiger partial charge in [0.05, 0.1) is 25.2 Å². The monoisotopic (exact) mass is 736 g/mol. The Bertz CT molecular complexity index is 787. The molecule has 0 heterocycles. The van der Waals surface area contributed by atoms with Gasteiger partial charge in [0.25, 0.3) is 0 Å². The van der Waals surface area contributed by atoms with Crippen molar-refractivity contribution >= 4 is 11.9 Å². The van der Waals surface area contributed by atoms with Crippen LogP contribution in [0.2, 0.25) is 0 Å². The van der Waals surface area contributed by atoms with Gasteiger partial charge in [-0.2, -0.15) is 0 Å². The zero-order valence-electron chi connectivity index (χ0n) is 35.0. The molecule has 0 radical (unpaired) electrons. The van der Waals surface area contributed by atoms with Crippen molar-refractivity contribution in [3.8, 4) is 0 Å². The number of hydrogen-bond donors (Lipinski definition) is 3. The first-order valence-corrected chi connectivity index (χ1v) is 22.9. The smallest absolute Gasteiger partial charge is 0.306 e. The van der Waals surface area contributed by atoms with E-state index in [1.165, 1.54) is 135 Å². The minimum atomic E-state index is -0.783. The summed E-state index contributed by atoms with van der Waals surface area (Å²) in [4.78, 5) is 25.8. The van der Waals surface area contributed by atoms with Gasteiger partial charge in [0.2, 0.25) is 5.91 Å². The third kappa shape index (κ3) is 35.6. The molecular formula is C46H89NO5. The normalized spacial score (nSPS) is 13.4. The molecule has 6 heteroatoms. The van der Waals surface area contributed by atoms with Crippen LogP contribution in [0.25, 0.3) is 0 Å². The van der Waals surface area contributed by atoms with Gasteiger partial charge in [0.1, 0.15) is 6.10 Å². The Balaban J connectivity index is 4.38. The summed E-state index contributed by atoms with van der Waals surface area (Å²) in [6.07, 6.45) is 42.9. The molecule has 0 saturated carbocycles. The Hall–Kier alpha value is -1.40. The topological polar surface area (TPSA) is 95.9 Å². The molecule has 0 aliphatic heterocycles. The number of esters is 1. The van der Waals surface area contributed by atoms with Crippen molar-refractivity contribution in [3.63, 3.8) is 0 Å². The zero-order valence-corrected chi connectivity index (χ0v) is 35.0. The van der Waals surface area contributed by atoms with Crippen LogP contribution in [0, 0.1) is 0 Å². The molecule has 0 bridgehead atoms. The van der Waals surface area contributed by atoms with Crippen LogP contribution in [0.3, 0.4) is 0 Å². The summed E-state index contributed by atoms with van der Waals surface area (Å²) in [5.74, 6) is -0.487. The van der Waals surface area contributed by atoms with E-state index in [4.69, 9.17) is 4.74 Å². The number of allylic oxidation sites excluding steroid dienone is 2. The van der Waals surface area contributed by atoms with Crippen molar-refractivity contribution in [1.82, 2.24) is 5.32 Å². The number of carbonyl (C=O) groups excluding carboxylic acids is 2. The molecule has 0 aromatic rings. The first-order valence-electron chi connectivity index (χ1n) is 22.9. The number of unbranched alkanes of at least 4 members (excludes halogenated alkanes) is 27. The zero-order chi connectivity index (χ0) is 38.2. The number of carbonyl (C=O) groups is 2. The van der Waals surface area contributed by atoms with Crippen molar-refractivity contribution in [2.45, 2.75) is 264 Å². The van der Waals surface area contributed by atoms with Crippen molar-refractivity contribution in [1.29, 1.82) is 0 Å². The highest BCUT2D eigenvalue weighted by atomic mass is 16.5. The largest absolute Gasteiger partial charge is 0.462 e. The molecule has 52 heavy (non-hydrogen) atoms. The molecule has 6 nitrogen and oxygen atoms in total. The molecule has 0 spiro atoms. The highest BCUT2D eigenvalue weighted by molar-refractivity contribution is 5.77. The molecule has 308 valence electrons. The van der Waals surface area contributed by atoms with Crippen molar-refractivity contribution in [3.05, 3.63) is 12.2 Å². The summed E-state index contributed by atoms with van der Waals surface area (Å²) in [6, 6.07) is -0.697. The Morgan fingerprint density at radius 2 is 0.962 bits per heavy atom. The number of ether oxygens (including phenoxy) is 1. The number of hydrogen-bond acceptors (Lipinski definition) is 5. The van der Waals surface area contributed by atoms with Crippen LogP contribution in [0.15, 0.2) is 12.2 Å². The van der Waals surface area contributed by atoms with E-state index in [-0.39, 0.29) is 24.9 Å². The summed E-state index contributed by atoms with van der Waals surface area (Å²) < 4.78 is 5.85. The lowest BCUT2D eigenvalue weighted by Crippen LogP contribution is -2.46. The quantitative estimate of drug-likeness (QED) is 0.0330. The Labute approximate surface area is 323 Å². The molecule has 0 aromatic heterocycles. The van der Waals surface area contributed by atoms with E-state index < -0.39 is 18.2 Å². The fourth-order valence-corrected chi connectivity index (χ4v) is 7.08. The van der Waals surface area contributed by atoms with E-state index >= 15 is 0 Å². The molecule has 1 amide bonds. The van der Waals surface area contributed by atoms with E-state index in [0.717, 1.165) is 64.2 Å². The Kier molecular flexibility index (Phi) is 39.7. The van der Waals surface area contributed by atoms with Crippen LogP contribution in [-0.4, -0.2) is 46.9 Å². The van der Waals surface area contributed by atoms with Crippen molar-refractivity contribution in [2.75, 3.05) is 6.61 Å². The molecule has 0 aliphatic rings. The molecule has 3 N–H and O–H groups in total.